The number of aryl methyl sites for hydroxylation is 2. The zero-order valence-corrected chi connectivity index (χ0v) is 20.3. The normalized spacial score (nSPS) is 11.4. The van der Waals surface area contributed by atoms with Crippen molar-refractivity contribution in [2.75, 3.05) is 20.6 Å². The number of aromatic nitrogens is 1. The molecule has 4 rings (SSSR count). The van der Waals surface area contributed by atoms with Gasteiger partial charge in [0.1, 0.15) is 17.3 Å². The average Bonchev–Trinajstić information content (AvgIpc) is 3.05. The zero-order chi connectivity index (χ0) is 24.2. The molecule has 0 saturated heterocycles. The summed E-state index contributed by atoms with van der Waals surface area (Å²) in [6.07, 6.45) is 1.34. The molecule has 4 aromatic rings. The predicted octanol–water partition coefficient (Wildman–Crippen LogP) is 6.57. The van der Waals surface area contributed by atoms with Gasteiger partial charge in [0.2, 0.25) is 0 Å². The SMILES string of the molecule is Cc1c(C)n(CCCN(C)C)c2ccc(Oc3ccc(C(=O)Cc4ccc(F)cc4)cc3)cc12. The van der Waals surface area contributed by atoms with Gasteiger partial charge in [0.05, 0.1) is 0 Å². The third kappa shape index (κ3) is 5.37. The summed E-state index contributed by atoms with van der Waals surface area (Å²) in [5.74, 6) is 1.13. The van der Waals surface area contributed by atoms with E-state index in [9.17, 15) is 9.18 Å². The molecule has 3 aromatic carbocycles. The van der Waals surface area contributed by atoms with Crippen LogP contribution in [0.5, 0.6) is 11.5 Å². The number of hydrogen-bond donors (Lipinski definition) is 0. The first-order chi connectivity index (χ1) is 16.3. The molecule has 0 unspecified atom stereocenters. The number of hydrogen-bond acceptors (Lipinski definition) is 3. The minimum absolute atomic E-state index is 0.0127. The predicted molar refractivity (Wildman–Crippen MR) is 136 cm³/mol. The molecule has 0 N–H and O–H groups in total. The second-order valence-corrected chi connectivity index (χ2v) is 9.05. The van der Waals surface area contributed by atoms with Crippen molar-refractivity contribution in [2.45, 2.75) is 33.2 Å². The summed E-state index contributed by atoms with van der Waals surface area (Å²) >= 11 is 0. The van der Waals surface area contributed by atoms with Crippen molar-refractivity contribution in [1.29, 1.82) is 0 Å². The third-order valence-corrected chi connectivity index (χ3v) is 6.29. The highest BCUT2D eigenvalue weighted by Gasteiger charge is 2.13. The van der Waals surface area contributed by atoms with E-state index in [0.29, 0.717) is 11.3 Å². The van der Waals surface area contributed by atoms with Crippen molar-refractivity contribution < 1.29 is 13.9 Å². The lowest BCUT2D eigenvalue weighted by atomic mass is 10.0. The van der Waals surface area contributed by atoms with Crippen LogP contribution in [-0.4, -0.2) is 35.9 Å². The Morgan fingerprint density at radius 3 is 2.29 bits per heavy atom. The van der Waals surface area contributed by atoms with Crippen molar-refractivity contribution in [1.82, 2.24) is 9.47 Å². The fourth-order valence-corrected chi connectivity index (χ4v) is 4.26. The van der Waals surface area contributed by atoms with Crippen LogP contribution < -0.4 is 4.74 Å². The number of carbonyl (C=O) groups excluding carboxylic acids is 1. The van der Waals surface area contributed by atoms with Crippen LogP contribution in [0.1, 0.15) is 33.6 Å². The Morgan fingerprint density at radius 1 is 0.941 bits per heavy atom. The molecule has 0 spiro atoms. The number of nitrogens with zero attached hydrogens (tertiary/aromatic N) is 2. The highest BCUT2D eigenvalue weighted by molar-refractivity contribution is 5.97. The maximum absolute atomic E-state index is 13.1. The van der Waals surface area contributed by atoms with Crippen LogP contribution in [0.25, 0.3) is 10.9 Å². The molecule has 0 fully saturated rings. The first-order valence-corrected chi connectivity index (χ1v) is 11.6. The van der Waals surface area contributed by atoms with Gasteiger partial charge in [0.15, 0.2) is 5.78 Å². The first-order valence-electron chi connectivity index (χ1n) is 11.6. The van der Waals surface area contributed by atoms with E-state index >= 15 is 0 Å². The Balaban J connectivity index is 1.46. The van der Waals surface area contributed by atoms with E-state index < -0.39 is 0 Å². The standard InChI is InChI=1S/C29H31FN2O2/c1-20-21(2)32(17-5-16-31(3)4)28-15-14-26(19-27(20)28)34-25-12-8-23(9-13-25)29(33)18-22-6-10-24(30)11-7-22/h6-15,19H,5,16-18H2,1-4H3. The average molecular weight is 459 g/mol. The maximum atomic E-state index is 13.1. The number of rotatable bonds is 9. The molecule has 0 bridgehead atoms. The van der Waals surface area contributed by atoms with Crippen LogP contribution in [0.3, 0.4) is 0 Å². The van der Waals surface area contributed by atoms with E-state index in [-0.39, 0.29) is 18.0 Å². The fourth-order valence-electron chi connectivity index (χ4n) is 4.26. The number of ketones is 1. The van der Waals surface area contributed by atoms with Crippen LogP contribution in [0.2, 0.25) is 0 Å². The van der Waals surface area contributed by atoms with Crippen LogP contribution >= 0.6 is 0 Å². The van der Waals surface area contributed by atoms with Crippen molar-refractivity contribution in [3.05, 3.63) is 94.9 Å². The van der Waals surface area contributed by atoms with E-state index in [1.54, 1.807) is 24.3 Å². The van der Waals surface area contributed by atoms with Gasteiger partial charge in [-0.1, -0.05) is 12.1 Å². The molecule has 0 aliphatic rings. The van der Waals surface area contributed by atoms with E-state index in [4.69, 9.17) is 4.74 Å². The van der Waals surface area contributed by atoms with Crippen LogP contribution in [0, 0.1) is 19.7 Å². The smallest absolute Gasteiger partial charge is 0.167 e. The summed E-state index contributed by atoms with van der Waals surface area (Å²) in [5, 5.41) is 1.20. The Labute approximate surface area is 200 Å². The van der Waals surface area contributed by atoms with Gasteiger partial charge in [0.25, 0.3) is 0 Å². The van der Waals surface area contributed by atoms with Gasteiger partial charge in [-0.25, -0.2) is 4.39 Å². The molecule has 0 saturated carbocycles. The lowest BCUT2D eigenvalue weighted by molar-refractivity contribution is 0.0993. The van der Waals surface area contributed by atoms with E-state index in [1.165, 1.54) is 34.3 Å². The number of benzene rings is 3. The quantitative estimate of drug-likeness (QED) is 0.266. The van der Waals surface area contributed by atoms with Gasteiger partial charge in [-0.15, -0.1) is 0 Å². The molecule has 0 amide bonds. The summed E-state index contributed by atoms with van der Waals surface area (Å²) in [5.41, 5.74) is 5.18. The van der Waals surface area contributed by atoms with Crippen molar-refractivity contribution >= 4 is 16.7 Å². The topological polar surface area (TPSA) is 34.5 Å². The molecule has 34 heavy (non-hydrogen) atoms. The summed E-state index contributed by atoms with van der Waals surface area (Å²) < 4.78 is 21.6. The largest absolute Gasteiger partial charge is 0.457 e. The molecule has 1 aromatic heterocycles. The molecule has 0 atom stereocenters. The van der Waals surface area contributed by atoms with Gasteiger partial charge in [-0.3, -0.25) is 4.79 Å². The summed E-state index contributed by atoms with van der Waals surface area (Å²) in [6.45, 7) is 6.38. The number of ether oxygens (including phenoxy) is 1. The maximum Gasteiger partial charge on any atom is 0.167 e. The highest BCUT2D eigenvalue weighted by atomic mass is 19.1. The molecule has 0 aliphatic carbocycles. The monoisotopic (exact) mass is 458 g/mol. The van der Waals surface area contributed by atoms with Crippen molar-refractivity contribution in [3.8, 4) is 11.5 Å². The molecule has 5 heteroatoms. The van der Waals surface area contributed by atoms with Crippen molar-refractivity contribution in [2.24, 2.45) is 0 Å². The minimum atomic E-state index is -0.304. The summed E-state index contributed by atoms with van der Waals surface area (Å²) in [4.78, 5) is 14.8. The van der Waals surface area contributed by atoms with E-state index in [2.05, 4.69) is 49.5 Å². The highest BCUT2D eigenvalue weighted by Crippen LogP contribution is 2.31. The molecule has 4 nitrogen and oxygen atoms in total. The first kappa shape index (κ1) is 23.7. The van der Waals surface area contributed by atoms with Crippen molar-refractivity contribution in [3.63, 3.8) is 0 Å². The second-order valence-electron chi connectivity index (χ2n) is 9.05. The van der Waals surface area contributed by atoms with Gasteiger partial charge >= 0.3 is 0 Å². The zero-order valence-electron chi connectivity index (χ0n) is 20.3. The molecular formula is C29H31FN2O2. The lowest BCUT2D eigenvalue weighted by Gasteiger charge is -2.12. The van der Waals surface area contributed by atoms with E-state index in [0.717, 1.165) is 30.8 Å². The van der Waals surface area contributed by atoms with Gasteiger partial charge < -0.3 is 14.2 Å². The summed E-state index contributed by atoms with van der Waals surface area (Å²) in [6, 6.07) is 19.4. The van der Waals surface area contributed by atoms with E-state index in [1.807, 2.05) is 18.2 Å². The second kappa shape index (κ2) is 10.2. The molecule has 0 aliphatic heterocycles. The molecular weight excluding hydrogens is 427 g/mol. The van der Waals surface area contributed by atoms with Gasteiger partial charge in [0, 0.05) is 35.1 Å². The number of fused-ring (bicyclic) bond motifs is 1. The Hall–Kier alpha value is -3.44. The Bertz CT molecular complexity index is 1290. The summed E-state index contributed by atoms with van der Waals surface area (Å²) in [7, 11) is 4.20. The van der Waals surface area contributed by atoms with Gasteiger partial charge in [-0.05, 0) is 107 Å². The number of halogens is 1. The third-order valence-electron chi connectivity index (χ3n) is 6.29. The van der Waals surface area contributed by atoms with Gasteiger partial charge in [-0.2, -0.15) is 0 Å². The Kier molecular flexibility index (Phi) is 7.13. The minimum Gasteiger partial charge on any atom is -0.457 e. The Morgan fingerprint density at radius 2 is 1.62 bits per heavy atom. The van der Waals surface area contributed by atoms with Crippen LogP contribution in [-0.2, 0) is 13.0 Å². The molecule has 1 heterocycles. The van der Waals surface area contributed by atoms with Crippen LogP contribution in [0.15, 0.2) is 66.7 Å². The lowest BCUT2D eigenvalue weighted by Crippen LogP contribution is -2.15. The fraction of sp³-hybridized carbons (Fsp3) is 0.276. The molecule has 0 radical (unpaired) electrons. The molecule has 176 valence electrons. The van der Waals surface area contributed by atoms with Crippen LogP contribution in [0.4, 0.5) is 4.39 Å². The number of carbonyl (C=O) groups is 1. The number of Topliss-reactive ketones (excluding diaryl/α,β-unsaturated/α-hetero) is 1.